The Labute approximate surface area is 308 Å². The van der Waals surface area contributed by atoms with E-state index in [1.807, 2.05) is 42.6 Å². The van der Waals surface area contributed by atoms with Crippen molar-refractivity contribution in [1.82, 2.24) is 34.2 Å². The average molecular weight is 719 g/mol. The van der Waals surface area contributed by atoms with Crippen LogP contribution in [0.5, 0.6) is 11.5 Å². The van der Waals surface area contributed by atoms with E-state index in [-0.39, 0.29) is 23.8 Å². The third kappa shape index (κ3) is 7.75. The van der Waals surface area contributed by atoms with Gasteiger partial charge in [-0.3, -0.25) is 19.7 Å². The number of aromatic nitrogens is 5. The van der Waals surface area contributed by atoms with Crippen LogP contribution in [0.25, 0.3) is 11.3 Å². The van der Waals surface area contributed by atoms with Crippen molar-refractivity contribution in [2.75, 3.05) is 25.0 Å². The van der Waals surface area contributed by atoms with E-state index in [1.54, 1.807) is 29.2 Å². The predicted octanol–water partition coefficient (Wildman–Crippen LogP) is 5.75. The van der Waals surface area contributed by atoms with Gasteiger partial charge >= 0.3 is 0 Å². The van der Waals surface area contributed by atoms with Crippen LogP contribution in [0.1, 0.15) is 98.7 Å². The molecule has 4 aromatic heterocycles. The minimum atomic E-state index is -0.614. The number of anilines is 1. The third-order valence-corrected chi connectivity index (χ3v) is 10.9. The topological polar surface area (TPSA) is 144 Å². The molecule has 2 saturated heterocycles. The van der Waals surface area contributed by atoms with Gasteiger partial charge in [0.25, 0.3) is 11.8 Å². The maximum atomic E-state index is 13.6. The first kappa shape index (κ1) is 34.8. The number of amides is 3. The van der Waals surface area contributed by atoms with E-state index in [1.165, 1.54) is 18.4 Å². The zero-order valence-electron chi connectivity index (χ0n) is 30.2. The lowest BCUT2D eigenvalue weighted by atomic mass is 9.80. The van der Waals surface area contributed by atoms with Crippen molar-refractivity contribution in [3.05, 3.63) is 84.2 Å². The van der Waals surface area contributed by atoms with Crippen LogP contribution in [0.4, 0.5) is 5.69 Å². The maximum Gasteiger partial charge on any atom is 0.267 e. The average Bonchev–Trinajstić information content (AvgIpc) is 3.77. The van der Waals surface area contributed by atoms with Crippen LogP contribution in [0.2, 0.25) is 0 Å². The lowest BCUT2D eigenvalue weighted by molar-refractivity contribution is -0.138. The Hall–Kier alpha value is -5.30. The second-order valence-corrected chi connectivity index (χ2v) is 15.0. The van der Waals surface area contributed by atoms with Gasteiger partial charge in [0, 0.05) is 56.2 Å². The second kappa shape index (κ2) is 15.0. The molecule has 13 nitrogen and oxygen atoms in total. The van der Waals surface area contributed by atoms with Crippen molar-refractivity contribution in [1.29, 1.82) is 0 Å². The fourth-order valence-electron chi connectivity index (χ4n) is 8.08. The summed E-state index contributed by atoms with van der Waals surface area (Å²) in [6, 6.07) is 11.8. The van der Waals surface area contributed by atoms with Gasteiger partial charge in [0.05, 0.1) is 23.6 Å². The number of ether oxygens (including phenoxy) is 2. The number of pyridine rings is 1. The van der Waals surface area contributed by atoms with Crippen molar-refractivity contribution in [2.45, 2.75) is 89.3 Å². The van der Waals surface area contributed by atoms with Gasteiger partial charge in [-0.15, -0.1) is 0 Å². The number of benzene rings is 1. The number of nitrogens with one attached hydrogen (secondary N) is 2. The zero-order valence-corrected chi connectivity index (χ0v) is 30.2. The molecule has 3 amide bonds. The molecule has 2 aliphatic heterocycles. The van der Waals surface area contributed by atoms with Crippen LogP contribution in [0.15, 0.2) is 67.4 Å². The van der Waals surface area contributed by atoms with Gasteiger partial charge in [-0.05, 0) is 101 Å². The smallest absolute Gasteiger partial charge is 0.267 e. The minimum Gasteiger partial charge on any atom is -0.490 e. The number of piperidine rings is 2. The summed E-state index contributed by atoms with van der Waals surface area (Å²) in [5.74, 6) is 1.85. The van der Waals surface area contributed by atoms with E-state index in [4.69, 9.17) is 14.5 Å². The molecule has 0 bridgehead atoms. The van der Waals surface area contributed by atoms with Crippen molar-refractivity contribution < 1.29 is 23.9 Å². The number of rotatable bonds is 10. The SMILES string of the molecule is CC(C)Oc1cc2nc([C@H]3CC[C@H](CN4CCC(c5ccc(OC6CCC(=O)NC6=O)cc5)CC4)CC3)cn2cc1C(=O)Nc1cnn2cccnc12. The summed E-state index contributed by atoms with van der Waals surface area (Å²) in [4.78, 5) is 49.1. The molecule has 0 radical (unpaired) electrons. The van der Waals surface area contributed by atoms with E-state index in [0.29, 0.717) is 59.0 Å². The number of imide groups is 1. The zero-order chi connectivity index (χ0) is 36.5. The number of carbonyl (C=O) groups is 3. The highest BCUT2D eigenvalue weighted by Gasteiger charge is 2.30. The van der Waals surface area contributed by atoms with Crippen molar-refractivity contribution in [2.24, 2.45) is 5.92 Å². The fourth-order valence-corrected chi connectivity index (χ4v) is 8.08. The van der Waals surface area contributed by atoms with Crippen molar-refractivity contribution >= 4 is 34.7 Å². The van der Waals surface area contributed by atoms with E-state index < -0.39 is 6.10 Å². The molecule has 1 saturated carbocycles. The number of nitrogens with zero attached hydrogens (tertiary/aromatic N) is 6. The summed E-state index contributed by atoms with van der Waals surface area (Å²) in [6.45, 7) is 7.22. The van der Waals surface area contributed by atoms with E-state index >= 15 is 0 Å². The van der Waals surface area contributed by atoms with Gasteiger partial charge < -0.3 is 24.1 Å². The van der Waals surface area contributed by atoms with Gasteiger partial charge in [0.2, 0.25) is 5.91 Å². The summed E-state index contributed by atoms with van der Waals surface area (Å²) in [5.41, 5.74) is 4.68. The number of likely N-dealkylation sites (tertiary alicyclic amines) is 1. The Kier molecular flexibility index (Phi) is 9.82. The first-order chi connectivity index (χ1) is 25.8. The molecule has 0 spiro atoms. The summed E-state index contributed by atoms with van der Waals surface area (Å²) in [6.07, 6.45) is 15.7. The molecule has 5 aromatic rings. The van der Waals surface area contributed by atoms with Crippen LogP contribution in [0.3, 0.4) is 0 Å². The molecule has 13 heteroatoms. The number of fused-ring (bicyclic) bond motifs is 2. The molecule has 3 aliphatic rings. The lowest BCUT2D eigenvalue weighted by Gasteiger charge is -2.36. The Morgan fingerprint density at radius 1 is 1.00 bits per heavy atom. The first-order valence-electron chi connectivity index (χ1n) is 18.9. The number of carbonyl (C=O) groups excluding carboxylic acids is 3. The monoisotopic (exact) mass is 718 g/mol. The summed E-state index contributed by atoms with van der Waals surface area (Å²) in [7, 11) is 0. The highest BCUT2D eigenvalue weighted by molar-refractivity contribution is 6.07. The molecule has 53 heavy (non-hydrogen) atoms. The maximum absolute atomic E-state index is 13.6. The molecular weight excluding hydrogens is 672 g/mol. The Bertz CT molecular complexity index is 2110. The normalized spacial score (nSPS) is 21.6. The molecule has 6 heterocycles. The summed E-state index contributed by atoms with van der Waals surface area (Å²) >= 11 is 0. The van der Waals surface area contributed by atoms with Crippen LogP contribution < -0.4 is 20.1 Å². The summed E-state index contributed by atoms with van der Waals surface area (Å²) in [5, 5.41) is 9.60. The molecule has 276 valence electrons. The molecule has 3 fully saturated rings. The van der Waals surface area contributed by atoms with E-state index in [9.17, 15) is 14.4 Å². The molecule has 1 aromatic carbocycles. The highest BCUT2D eigenvalue weighted by Crippen LogP contribution is 2.38. The second-order valence-electron chi connectivity index (χ2n) is 15.0. The number of hydrogen-bond donors (Lipinski definition) is 2. The first-order valence-corrected chi connectivity index (χ1v) is 18.9. The van der Waals surface area contributed by atoms with E-state index in [0.717, 1.165) is 56.7 Å². The third-order valence-electron chi connectivity index (χ3n) is 10.9. The molecule has 1 aliphatic carbocycles. The van der Waals surface area contributed by atoms with Crippen LogP contribution >= 0.6 is 0 Å². The van der Waals surface area contributed by atoms with Crippen LogP contribution in [-0.4, -0.2) is 78.4 Å². The molecule has 2 N–H and O–H groups in total. The largest absolute Gasteiger partial charge is 0.490 e. The molecule has 8 rings (SSSR count). The quantitative estimate of drug-likeness (QED) is 0.173. The Morgan fingerprint density at radius 3 is 2.55 bits per heavy atom. The summed E-state index contributed by atoms with van der Waals surface area (Å²) < 4.78 is 15.5. The van der Waals surface area contributed by atoms with Gasteiger partial charge in [-0.2, -0.15) is 5.10 Å². The Balaban J connectivity index is 0.842. The van der Waals surface area contributed by atoms with Crippen molar-refractivity contribution in [3.8, 4) is 11.5 Å². The standard InChI is InChI=1S/C40H46N8O5/c1-25(2)52-35-20-36-43-33(24-47(36)23-31(35)39(50)44-32-21-42-48-17-3-16-41-38(32)48)29-6-4-26(5-7-29)22-46-18-14-28(15-19-46)27-8-10-30(11-9-27)53-34-12-13-37(49)45-40(34)51/h3,8-11,16-17,20-21,23-26,28-29,34H,4-7,12-15,18-19,22H2,1-2H3,(H,44,50)(H,45,49,51)/t26-,29-,34?. The molecule has 1 atom stereocenters. The number of hydrogen-bond acceptors (Lipinski definition) is 9. The van der Waals surface area contributed by atoms with E-state index in [2.05, 4.69) is 43.9 Å². The Morgan fingerprint density at radius 2 is 1.79 bits per heavy atom. The van der Waals surface area contributed by atoms with Crippen LogP contribution in [0, 0.1) is 5.92 Å². The van der Waals surface area contributed by atoms with Gasteiger partial charge in [0.15, 0.2) is 11.8 Å². The van der Waals surface area contributed by atoms with Gasteiger partial charge in [-0.1, -0.05) is 12.1 Å². The molecule has 1 unspecified atom stereocenters. The fraction of sp³-hybridized carbons (Fsp3) is 0.450. The predicted molar refractivity (Wildman–Crippen MR) is 198 cm³/mol. The lowest BCUT2D eigenvalue weighted by Crippen LogP contribution is -2.46. The molecular formula is C40H46N8O5. The van der Waals surface area contributed by atoms with Gasteiger partial charge in [0.1, 0.15) is 22.8 Å². The number of imidazole rings is 1. The highest BCUT2D eigenvalue weighted by atomic mass is 16.5. The minimum absolute atomic E-state index is 0.113. The van der Waals surface area contributed by atoms with Crippen molar-refractivity contribution in [3.63, 3.8) is 0 Å². The van der Waals surface area contributed by atoms with Crippen LogP contribution in [-0.2, 0) is 9.59 Å². The van der Waals surface area contributed by atoms with Gasteiger partial charge in [-0.25, -0.2) is 14.5 Å².